The Morgan fingerprint density at radius 1 is 0.970 bits per heavy atom. The third kappa shape index (κ3) is 6.00. The number of hydrogen-bond acceptors (Lipinski definition) is 3. The number of fused-ring (bicyclic) bond motifs is 1. The monoisotopic (exact) mass is 470 g/mol. The minimum Gasteiger partial charge on any atom is -0.444 e. The largest absolute Gasteiger partial charge is 0.444 e. The summed E-state index contributed by atoms with van der Waals surface area (Å²) in [6.07, 6.45) is 6.97. The summed E-state index contributed by atoms with van der Waals surface area (Å²) in [5.41, 5.74) is 1.07. The van der Waals surface area contributed by atoms with Gasteiger partial charge in [-0.05, 0) is 95.7 Å². The van der Waals surface area contributed by atoms with Gasteiger partial charge in [0, 0.05) is 31.6 Å². The number of likely N-dealkylation sites (tertiary alicyclic amines) is 1. The first-order chi connectivity index (χ1) is 15.5. The fourth-order valence-corrected chi connectivity index (χ4v) is 6.57. The zero-order valence-corrected chi connectivity index (χ0v) is 20.5. The van der Waals surface area contributed by atoms with E-state index in [0.717, 1.165) is 32.5 Å². The van der Waals surface area contributed by atoms with Crippen molar-refractivity contribution < 1.29 is 22.7 Å². The number of amides is 1. The molecule has 7 heteroatoms. The molecule has 188 valence electrons. The zero-order valence-electron chi connectivity index (χ0n) is 20.5. The van der Waals surface area contributed by atoms with Gasteiger partial charge in [-0.15, -0.1) is 0 Å². The minimum atomic E-state index is -4.03. The van der Waals surface area contributed by atoms with E-state index in [0.29, 0.717) is 36.6 Å². The van der Waals surface area contributed by atoms with Gasteiger partial charge in [-0.25, -0.2) is 4.79 Å². The van der Waals surface area contributed by atoms with Crippen LogP contribution in [0.2, 0.25) is 0 Å². The lowest BCUT2D eigenvalue weighted by molar-refractivity contribution is -0.184. The van der Waals surface area contributed by atoms with E-state index in [1.165, 1.54) is 25.7 Å². The van der Waals surface area contributed by atoms with E-state index < -0.39 is 17.7 Å². The number of hydrogen-bond donors (Lipinski definition) is 0. The predicted octanol–water partition coefficient (Wildman–Crippen LogP) is 6.76. The molecular formula is C26H41F3N2O2. The van der Waals surface area contributed by atoms with Gasteiger partial charge >= 0.3 is 12.3 Å². The van der Waals surface area contributed by atoms with Crippen molar-refractivity contribution in [1.29, 1.82) is 0 Å². The highest BCUT2D eigenvalue weighted by Crippen LogP contribution is 2.46. The molecule has 4 nitrogen and oxygen atoms in total. The molecule has 2 aliphatic heterocycles. The van der Waals surface area contributed by atoms with Gasteiger partial charge in [0.25, 0.3) is 0 Å². The van der Waals surface area contributed by atoms with Crippen molar-refractivity contribution in [3.05, 3.63) is 11.8 Å². The molecule has 1 amide bonds. The van der Waals surface area contributed by atoms with E-state index >= 15 is 0 Å². The molecule has 2 heterocycles. The molecule has 4 rings (SSSR count). The Hall–Kier alpha value is -1.40. The molecule has 3 fully saturated rings. The van der Waals surface area contributed by atoms with Crippen LogP contribution in [0.3, 0.4) is 0 Å². The van der Waals surface area contributed by atoms with Gasteiger partial charge in [0.2, 0.25) is 0 Å². The second-order valence-electron chi connectivity index (χ2n) is 11.8. The summed E-state index contributed by atoms with van der Waals surface area (Å²) in [7, 11) is 0. The Morgan fingerprint density at radius 3 is 2.21 bits per heavy atom. The molecule has 0 aromatic carbocycles. The number of carbonyl (C=O) groups excluding carboxylic acids is 1. The summed E-state index contributed by atoms with van der Waals surface area (Å²) in [6.45, 7) is 8.06. The van der Waals surface area contributed by atoms with Crippen molar-refractivity contribution >= 4 is 6.09 Å². The highest BCUT2D eigenvalue weighted by Gasteiger charge is 2.44. The van der Waals surface area contributed by atoms with E-state index in [1.807, 2.05) is 25.7 Å². The Labute approximate surface area is 196 Å². The molecule has 2 saturated carbocycles. The lowest BCUT2D eigenvalue weighted by Crippen LogP contribution is -2.42. The maximum atomic E-state index is 13.1. The van der Waals surface area contributed by atoms with Crippen LogP contribution in [0.25, 0.3) is 0 Å². The minimum absolute atomic E-state index is 0.215. The second-order valence-corrected chi connectivity index (χ2v) is 11.8. The molecule has 0 aromatic rings. The molecular weight excluding hydrogens is 429 g/mol. The molecule has 0 aromatic heterocycles. The molecule has 0 bridgehead atoms. The lowest BCUT2D eigenvalue weighted by atomic mass is 9.75. The van der Waals surface area contributed by atoms with Crippen LogP contribution in [-0.4, -0.2) is 53.3 Å². The van der Waals surface area contributed by atoms with Gasteiger partial charge in [0.15, 0.2) is 0 Å². The highest BCUT2D eigenvalue weighted by molar-refractivity contribution is 5.68. The van der Waals surface area contributed by atoms with Crippen LogP contribution >= 0.6 is 0 Å². The van der Waals surface area contributed by atoms with Crippen LogP contribution in [0.15, 0.2) is 11.8 Å². The van der Waals surface area contributed by atoms with Crippen LogP contribution in [0.1, 0.15) is 85.0 Å². The van der Waals surface area contributed by atoms with Crippen molar-refractivity contribution in [3.63, 3.8) is 0 Å². The smallest absolute Gasteiger partial charge is 0.410 e. The number of alkyl halides is 3. The van der Waals surface area contributed by atoms with E-state index in [1.54, 1.807) is 5.57 Å². The maximum absolute atomic E-state index is 13.1. The van der Waals surface area contributed by atoms with Crippen LogP contribution in [0.4, 0.5) is 18.0 Å². The lowest BCUT2D eigenvalue weighted by Gasteiger charge is -2.39. The zero-order chi connectivity index (χ0) is 23.8. The Kier molecular flexibility index (Phi) is 7.26. The Bertz CT molecular complexity index is 714. The summed E-state index contributed by atoms with van der Waals surface area (Å²) in [5.74, 6) is 0.357. The maximum Gasteiger partial charge on any atom is 0.410 e. The number of nitrogens with zero attached hydrogens (tertiary/aromatic N) is 2. The van der Waals surface area contributed by atoms with Gasteiger partial charge < -0.3 is 14.5 Å². The van der Waals surface area contributed by atoms with Gasteiger partial charge in [0.1, 0.15) is 5.60 Å². The van der Waals surface area contributed by atoms with Crippen molar-refractivity contribution in [1.82, 2.24) is 9.80 Å². The average molecular weight is 471 g/mol. The predicted molar refractivity (Wildman–Crippen MR) is 123 cm³/mol. The molecule has 0 N–H and O–H groups in total. The molecule has 0 spiro atoms. The normalized spacial score (nSPS) is 31.9. The van der Waals surface area contributed by atoms with E-state index in [2.05, 4.69) is 11.1 Å². The number of rotatable bonds is 3. The number of carbonyl (C=O) groups is 1. The quantitative estimate of drug-likeness (QED) is 0.457. The van der Waals surface area contributed by atoms with E-state index in [9.17, 15) is 18.0 Å². The van der Waals surface area contributed by atoms with Gasteiger partial charge in [-0.1, -0.05) is 12.8 Å². The third-order valence-electron chi connectivity index (χ3n) is 8.30. The van der Waals surface area contributed by atoms with Crippen molar-refractivity contribution in [2.24, 2.45) is 23.7 Å². The fourth-order valence-electron chi connectivity index (χ4n) is 6.57. The summed E-state index contributed by atoms with van der Waals surface area (Å²) < 4.78 is 44.7. The summed E-state index contributed by atoms with van der Waals surface area (Å²) in [4.78, 5) is 16.8. The first-order valence-electron chi connectivity index (χ1n) is 13.0. The average Bonchev–Trinajstić information content (AvgIpc) is 3.11. The van der Waals surface area contributed by atoms with Crippen LogP contribution in [-0.2, 0) is 4.74 Å². The van der Waals surface area contributed by atoms with E-state index in [-0.39, 0.29) is 18.9 Å². The Balaban J connectivity index is 1.35. The second kappa shape index (κ2) is 9.69. The molecule has 4 aliphatic rings. The van der Waals surface area contributed by atoms with Crippen molar-refractivity contribution in [2.45, 2.75) is 103 Å². The van der Waals surface area contributed by atoms with Gasteiger partial charge in [0.05, 0.1) is 5.92 Å². The van der Waals surface area contributed by atoms with Crippen LogP contribution < -0.4 is 0 Å². The molecule has 33 heavy (non-hydrogen) atoms. The molecule has 2 aliphatic carbocycles. The molecule has 0 radical (unpaired) electrons. The number of halogens is 3. The molecule has 1 saturated heterocycles. The van der Waals surface area contributed by atoms with Crippen LogP contribution in [0.5, 0.6) is 0 Å². The third-order valence-corrected chi connectivity index (χ3v) is 8.30. The standard InChI is InChI=1S/C26H41F3N2O2/c1-25(2,3)33-24(32)30-14-12-19(13-15-30)22-17-31(23-7-5-4-6-21(22)23)16-18-8-10-20(11-9-18)26(27,28)29/h17-21,23H,4-16H2,1-3H3. The summed E-state index contributed by atoms with van der Waals surface area (Å²) in [5, 5.41) is 0. The SMILES string of the molecule is CC(C)(C)OC(=O)N1CCC(C2=CN(CC3CCC(C(F)(F)F)CC3)C3CCCCC23)CC1. The summed E-state index contributed by atoms with van der Waals surface area (Å²) >= 11 is 0. The van der Waals surface area contributed by atoms with Gasteiger partial charge in [-0.2, -0.15) is 13.2 Å². The van der Waals surface area contributed by atoms with E-state index in [4.69, 9.17) is 4.74 Å². The first-order valence-corrected chi connectivity index (χ1v) is 13.0. The van der Waals surface area contributed by atoms with Crippen molar-refractivity contribution in [2.75, 3.05) is 19.6 Å². The van der Waals surface area contributed by atoms with Gasteiger partial charge in [-0.3, -0.25) is 0 Å². The first kappa shape index (κ1) is 24.7. The topological polar surface area (TPSA) is 32.8 Å². The number of ether oxygens (including phenoxy) is 1. The summed E-state index contributed by atoms with van der Waals surface area (Å²) in [6, 6.07) is 0.526. The fraction of sp³-hybridized carbons (Fsp3) is 0.885. The molecule has 2 atom stereocenters. The Morgan fingerprint density at radius 2 is 1.61 bits per heavy atom. The van der Waals surface area contributed by atoms with Crippen molar-refractivity contribution in [3.8, 4) is 0 Å². The molecule has 2 unspecified atom stereocenters. The van der Waals surface area contributed by atoms with Crippen LogP contribution in [0, 0.1) is 23.7 Å². The highest BCUT2D eigenvalue weighted by atomic mass is 19.4. The number of piperidine rings is 1.